The molecule has 4 heteroatoms. The van der Waals surface area contributed by atoms with Gasteiger partial charge in [0, 0.05) is 22.9 Å². The van der Waals surface area contributed by atoms with Gasteiger partial charge in [0.15, 0.2) is 0 Å². The standard InChI is InChI=1S/C24H37NO3/c1-6-22(2,3)25-21(27)15-13-18-16-7-8-19-24(5,12-10-20(26)28-19)17(16)9-11-23(18,4)14-15/h10,12,15-19H,6-9,11,13-14H2,1-5H3,(H,25,27)/t15?,16-,17-,18+,19?,23-,24-/m1/s1. The average molecular weight is 388 g/mol. The highest BCUT2D eigenvalue weighted by Crippen LogP contribution is 2.64. The number of nitrogens with one attached hydrogen (secondary N) is 1. The van der Waals surface area contributed by atoms with Gasteiger partial charge in [0.1, 0.15) is 6.10 Å². The molecule has 1 aliphatic heterocycles. The third-order valence-electron chi connectivity index (χ3n) is 9.01. The highest BCUT2D eigenvalue weighted by molar-refractivity contribution is 5.83. The molecule has 7 atom stereocenters. The number of esters is 1. The van der Waals surface area contributed by atoms with Gasteiger partial charge in [-0.25, -0.2) is 4.79 Å². The van der Waals surface area contributed by atoms with Crippen molar-refractivity contribution < 1.29 is 14.3 Å². The number of carbonyl (C=O) groups excluding carboxylic acids is 2. The zero-order valence-corrected chi connectivity index (χ0v) is 18.2. The lowest BCUT2D eigenvalue weighted by Crippen LogP contribution is -2.54. The van der Waals surface area contributed by atoms with Crippen LogP contribution >= 0.6 is 0 Å². The minimum absolute atomic E-state index is 0.0291. The molecule has 3 saturated carbocycles. The fourth-order valence-corrected chi connectivity index (χ4v) is 6.98. The van der Waals surface area contributed by atoms with Crippen molar-refractivity contribution in [3.8, 4) is 0 Å². The monoisotopic (exact) mass is 387 g/mol. The van der Waals surface area contributed by atoms with E-state index in [1.807, 2.05) is 0 Å². The van der Waals surface area contributed by atoms with E-state index in [1.54, 1.807) is 6.08 Å². The number of hydrogen-bond acceptors (Lipinski definition) is 3. The molecule has 0 spiro atoms. The van der Waals surface area contributed by atoms with Crippen molar-refractivity contribution in [2.45, 2.75) is 91.2 Å². The molecule has 0 aromatic carbocycles. The van der Waals surface area contributed by atoms with Crippen LogP contribution in [-0.2, 0) is 14.3 Å². The molecule has 0 saturated heterocycles. The van der Waals surface area contributed by atoms with Crippen molar-refractivity contribution in [2.75, 3.05) is 0 Å². The summed E-state index contributed by atoms with van der Waals surface area (Å²) in [6, 6.07) is 0. The summed E-state index contributed by atoms with van der Waals surface area (Å²) in [6.07, 6.45) is 11.3. The SMILES string of the molecule is CCC(C)(C)NC(=O)C1C[C@H]2[C@@H]3CCC4OC(=O)C=C[C@]4(C)[C@@H]3CC[C@]2(C)C1. The van der Waals surface area contributed by atoms with Gasteiger partial charge in [-0.2, -0.15) is 0 Å². The molecule has 156 valence electrons. The van der Waals surface area contributed by atoms with Gasteiger partial charge >= 0.3 is 5.97 Å². The topological polar surface area (TPSA) is 55.4 Å². The van der Waals surface area contributed by atoms with E-state index in [2.05, 4.69) is 46.0 Å². The van der Waals surface area contributed by atoms with Crippen LogP contribution in [-0.4, -0.2) is 23.5 Å². The molecular weight excluding hydrogens is 350 g/mol. The summed E-state index contributed by atoms with van der Waals surface area (Å²) in [5.74, 6) is 2.02. The van der Waals surface area contributed by atoms with Crippen LogP contribution in [0.4, 0.5) is 0 Å². The van der Waals surface area contributed by atoms with Crippen molar-refractivity contribution in [3.63, 3.8) is 0 Å². The van der Waals surface area contributed by atoms with Crippen LogP contribution in [0.15, 0.2) is 12.2 Å². The van der Waals surface area contributed by atoms with Crippen LogP contribution in [0, 0.1) is 34.5 Å². The van der Waals surface area contributed by atoms with Crippen molar-refractivity contribution >= 4 is 11.9 Å². The maximum Gasteiger partial charge on any atom is 0.330 e. The second kappa shape index (κ2) is 6.60. The van der Waals surface area contributed by atoms with Crippen LogP contribution in [0.3, 0.4) is 0 Å². The van der Waals surface area contributed by atoms with E-state index in [4.69, 9.17) is 4.74 Å². The molecule has 4 nitrogen and oxygen atoms in total. The third kappa shape index (κ3) is 3.11. The number of hydrogen-bond donors (Lipinski definition) is 1. The molecule has 2 unspecified atom stereocenters. The summed E-state index contributed by atoms with van der Waals surface area (Å²) in [4.78, 5) is 24.8. The van der Waals surface area contributed by atoms with Crippen molar-refractivity contribution in [2.24, 2.45) is 34.5 Å². The first kappa shape index (κ1) is 20.0. The van der Waals surface area contributed by atoms with Crippen LogP contribution < -0.4 is 5.32 Å². The molecule has 0 aromatic heterocycles. The summed E-state index contributed by atoms with van der Waals surface area (Å²) in [7, 11) is 0. The maximum atomic E-state index is 13.0. The summed E-state index contributed by atoms with van der Waals surface area (Å²) in [5.41, 5.74) is 0.108. The van der Waals surface area contributed by atoms with E-state index in [-0.39, 0.29) is 40.3 Å². The van der Waals surface area contributed by atoms with E-state index < -0.39 is 0 Å². The number of ether oxygens (including phenoxy) is 1. The Morgan fingerprint density at radius 3 is 2.71 bits per heavy atom. The second-order valence-electron chi connectivity index (χ2n) is 11.1. The predicted molar refractivity (Wildman–Crippen MR) is 109 cm³/mol. The van der Waals surface area contributed by atoms with Crippen molar-refractivity contribution in [1.29, 1.82) is 0 Å². The molecule has 4 rings (SSSR count). The van der Waals surface area contributed by atoms with E-state index in [0.29, 0.717) is 17.8 Å². The summed E-state index contributed by atoms with van der Waals surface area (Å²) in [6.45, 7) is 11.1. The van der Waals surface area contributed by atoms with Gasteiger partial charge < -0.3 is 10.1 Å². The first-order valence-electron chi connectivity index (χ1n) is 11.3. The van der Waals surface area contributed by atoms with Gasteiger partial charge in [0.2, 0.25) is 5.91 Å². The zero-order valence-electron chi connectivity index (χ0n) is 18.2. The normalized spacial score (nSPS) is 44.9. The van der Waals surface area contributed by atoms with Crippen LogP contribution in [0.5, 0.6) is 0 Å². The lowest BCUT2D eigenvalue weighted by atomic mass is 9.49. The first-order valence-corrected chi connectivity index (χ1v) is 11.3. The Kier molecular flexibility index (Phi) is 4.71. The van der Waals surface area contributed by atoms with E-state index in [1.165, 1.54) is 12.8 Å². The Hall–Kier alpha value is -1.32. The Morgan fingerprint density at radius 2 is 2.00 bits per heavy atom. The van der Waals surface area contributed by atoms with Gasteiger partial charge in [-0.3, -0.25) is 4.79 Å². The lowest BCUT2D eigenvalue weighted by molar-refractivity contribution is -0.166. The van der Waals surface area contributed by atoms with Gasteiger partial charge in [0.05, 0.1) is 0 Å². The van der Waals surface area contributed by atoms with Gasteiger partial charge in [0.25, 0.3) is 0 Å². The molecule has 1 amide bonds. The van der Waals surface area contributed by atoms with Gasteiger partial charge in [-0.15, -0.1) is 0 Å². The summed E-state index contributed by atoms with van der Waals surface area (Å²) in [5, 5.41) is 3.30. The molecule has 3 aliphatic carbocycles. The number of carbonyl (C=O) groups is 2. The van der Waals surface area contributed by atoms with E-state index in [0.717, 1.165) is 32.1 Å². The lowest BCUT2D eigenvalue weighted by Gasteiger charge is -2.57. The summed E-state index contributed by atoms with van der Waals surface area (Å²) >= 11 is 0. The second-order valence-corrected chi connectivity index (χ2v) is 11.1. The number of amides is 1. The molecule has 0 bridgehead atoms. The fourth-order valence-electron chi connectivity index (χ4n) is 6.98. The minimum atomic E-state index is -0.183. The van der Waals surface area contributed by atoms with Crippen LogP contribution in [0.25, 0.3) is 0 Å². The van der Waals surface area contributed by atoms with Crippen LogP contribution in [0.1, 0.15) is 79.6 Å². The Labute approximate surface area is 169 Å². The molecule has 1 N–H and O–H groups in total. The highest BCUT2D eigenvalue weighted by atomic mass is 16.5. The quantitative estimate of drug-likeness (QED) is 0.718. The molecule has 3 fully saturated rings. The molecule has 28 heavy (non-hydrogen) atoms. The first-order chi connectivity index (χ1) is 13.1. The Balaban J connectivity index is 1.54. The number of rotatable bonds is 3. The Morgan fingerprint density at radius 1 is 1.25 bits per heavy atom. The third-order valence-corrected chi connectivity index (χ3v) is 9.01. The highest BCUT2D eigenvalue weighted by Gasteiger charge is 2.60. The molecule has 4 aliphatic rings. The largest absolute Gasteiger partial charge is 0.458 e. The van der Waals surface area contributed by atoms with Crippen LogP contribution in [0.2, 0.25) is 0 Å². The fraction of sp³-hybridized carbons (Fsp3) is 0.833. The molecular formula is C24H37NO3. The van der Waals surface area contributed by atoms with Crippen molar-refractivity contribution in [1.82, 2.24) is 5.32 Å². The molecule has 0 aromatic rings. The van der Waals surface area contributed by atoms with E-state index >= 15 is 0 Å². The van der Waals surface area contributed by atoms with E-state index in [9.17, 15) is 9.59 Å². The maximum absolute atomic E-state index is 13.0. The van der Waals surface area contributed by atoms with Gasteiger partial charge in [-0.05, 0) is 82.0 Å². The predicted octanol–water partition coefficient (Wildman–Crippen LogP) is 4.63. The van der Waals surface area contributed by atoms with Crippen molar-refractivity contribution in [3.05, 3.63) is 12.2 Å². The molecule has 0 radical (unpaired) electrons. The summed E-state index contributed by atoms with van der Waals surface area (Å²) < 4.78 is 5.72. The average Bonchev–Trinajstić information content (AvgIpc) is 3.00. The molecule has 1 heterocycles. The minimum Gasteiger partial charge on any atom is -0.458 e. The van der Waals surface area contributed by atoms with Gasteiger partial charge in [-0.1, -0.05) is 26.8 Å². The zero-order chi connectivity index (χ0) is 20.3. The number of fused-ring (bicyclic) bond motifs is 5. The smallest absolute Gasteiger partial charge is 0.330 e. The Bertz CT molecular complexity index is 698.